The number of hydrogen-bond acceptors (Lipinski definition) is 2. The first kappa shape index (κ1) is 13.5. The zero-order valence-corrected chi connectivity index (χ0v) is 11.1. The summed E-state index contributed by atoms with van der Waals surface area (Å²) >= 11 is 0. The Morgan fingerprint density at radius 3 is 2.50 bits per heavy atom. The van der Waals surface area contributed by atoms with Gasteiger partial charge in [-0.25, -0.2) is 0 Å². The molecule has 2 atom stereocenters. The lowest BCUT2D eigenvalue weighted by atomic mass is 9.86. The fraction of sp³-hybridized carbons (Fsp3) is 0.923. The van der Waals surface area contributed by atoms with Crippen molar-refractivity contribution in [3.8, 4) is 0 Å². The van der Waals surface area contributed by atoms with Crippen LogP contribution in [-0.4, -0.2) is 29.9 Å². The number of carbonyl (C=O) groups excluding carboxylic acids is 1. The standard InChI is InChI=1S/C13H26N2O/c1-10-6-5-8-15(9-7-10)12(16)11(14)13(2,3)4/h10-11H,5-9,14H2,1-4H3. The Labute approximate surface area is 99.4 Å². The molecule has 1 amide bonds. The molecule has 1 aliphatic heterocycles. The molecular weight excluding hydrogens is 200 g/mol. The van der Waals surface area contributed by atoms with E-state index in [1.54, 1.807) is 0 Å². The third-order valence-electron chi connectivity index (χ3n) is 3.53. The summed E-state index contributed by atoms with van der Waals surface area (Å²) in [4.78, 5) is 14.2. The van der Waals surface area contributed by atoms with Crippen LogP contribution < -0.4 is 5.73 Å². The van der Waals surface area contributed by atoms with E-state index >= 15 is 0 Å². The van der Waals surface area contributed by atoms with Gasteiger partial charge in [-0.2, -0.15) is 0 Å². The van der Waals surface area contributed by atoms with Gasteiger partial charge >= 0.3 is 0 Å². The number of hydrogen-bond donors (Lipinski definition) is 1. The molecule has 3 heteroatoms. The predicted molar refractivity (Wildman–Crippen MR) is 67.0 cm³/mol. The normalized spacial score (nSPS) is 25.1. The van der Waals surface area contributed by atoms with Crippen LogP contribution in [0.2, 0.25) is 0 Å². The Morgan fingerprint density at radius 1 is 1.31 bits per heavy atom. The zero-order chi connectivity index (χ0) is 12.3. The average Bonchev–Trinajstić information content (AvgIpc) is 2.39. The van der Waals surface area contributed by atoms with Gasteiger partial charge in [0.05, 0.1) is 6.04 Å². The van der Waals surface area contributed by atoms with Crippen LogP contribution >= 0.6 is 0 Å². The quantitative estimate of drug-likeness (QED) is 0.743. The van der Waals surface area contributed by atoms with E-state index in [-0.39, 0.29) is 17.4 Å². The van der Waals surface area contributed by atoms with Gasteiger partial charge in [-0.15, -0.1) is 0 Å². The van der Waals surface area contributed by atoms with E-state index < -0.39 is 0 Å². The van der Waals surface area contributed by atoms with E-state index in [0.717, 1.165) is 31.8 Å². The third kappa shape index (κ3) is 3.48. The highest BCUT2D eigenvalue weighted by Crippen LogP contribution is 2.22. The van der Waals surface area contributed by atoms with Crippen LogP contribution in [0.25, 0.3) is 0 Å². The fourth-order valence-electron chi connectivity index (χ4n) is 2.05. The van der Waals surface area contributed by atoms with Crippen molar-refractivity contribution in [2.45, 2.75) is 53.0 Å². The van der Waals surface area contributed by atoms with Crippen molar-refractivity contribution >= 4 is 5.91 Å². The van der Waals surface area contributed by atoms with Gasteiger partial charge in [0.15, 0.2) is 0 Å². The molecule has 0 aromatic rings. The van der Waals surface area contributed by atoms with Crippen LogP contribution in [0, 0.1) is 11.3 Å². The number of nitrogens with two attached hydrogens (primary N) is 1. The van der Waals surface area contributed by atoms with Crippen LogP contribution in [0.5, 0.6) is 0 Å². The maximum atomic E-state index is 12.2. The van der Waals surface area contributed by atoms with Crippen molar-refractivity contribution in [1.82, 2.24) is 4.90 Å². The van der Waals surface area contributed by atoms with Gasteiger partial charge < -0.3 is 10.6 Å². The highest BCUT2D eigenvalue weighted by molar-refractivity contribution is 5.82. The van der Waals surface area contributed by atoms with Crippen molar-refractivity contribution < 1.29 is 4.79 Å². The van der Waals surface area contributed by atoms with Crippen LogP contribution in [0.4, 0.5) is 0 Å². The molecule has 0 bridgehead atoms. The highest BCUT2D eigenvalue weighted by atomic mass is 16.2. The molecule has 1 saturated heterocycles. The SMILES string of the molecule is CC1CCCN(C(=O)C(N)C(C)(C)C)CC1. The average molecular weight is 226 g/mol. The summed E-state index contributed by atoms with van der Waals surface area (Å²) in [6.45, 7) is 10.1. The second-order valence-electron chi connectivity index (χ2n) is 6.21. The second kappa shape index (κ2) is 5.17. The molecule has 0 saturated carbocycles. The van der Waals surface area contributed by atoms with Crippen molar-refractivity contribution in [1.29, 1.82) is 0 Å². The molecule has 0 aliphatic carbocycles. The van der Waals surface area contributed by atoms with Crippen molar-refractivity contribution in [3.05, 3.63) is 0 Å². The summed E-state index contributed by atoms with van der Waals surface area (Å²) in [6.07, 6.45) is 3.46. The topological polar surface area (TPSA) is 46.3 Å². The lowest BCUT2D eigenvalue weighted by molar-refractivity contribution is -0.134. The minimum absolute atomic E-state index is 0.126. The minimum Gasteiger partial charge on any atom is -0.341 e. The summed E-state index contributed by atoms with van der Waals surface area (Å²) in [5, 5.41) is 0. The summed E-state index contributed by atoms with van der Waals surface area (Å²) in [6, 6.07) is -0.374. The zero-order valence-electron chi connectivity index (χ0n) is 11.1. The van der Waals surface area contributed by atoms with E-state index in [1.807, 2.05) is 25.7 Å². The molecule has 16 heavy (non-hydrogen) atoms. The Morgan fingerprint density at radius 2 is 1.94 bits per heavy atom. The molecule has 0 radical (unpaired) electrons. The first-order valence-corrected chi connectivity index (χ1v) is 6.36. The Hall–Kier alpha value is -0.570. The van der Waals surface area contributed by atoms with E-state index in [9.17, 15) is 4.79 Å². The van der Waals surface area contributed by atoms with E-state index in [2.05, 4.69) is 6.92 Å². The van der Waals surface area contributed by atoms with Gasteiger partial charge in [0.1, 0.15) is 0 Å². The minimum atomic E-state index is -0.374. The molecule has 2 N–H and O–H groups in total. The highest BCUT2D eigenvalue weighted by Gasteiger charge is 2.31. The van der Waals surface area contributed by atoms with Crippen molar-refractivity contribution in [2.24, 2.45) is 17.1 Å². The maximum absolute atomic E-state index is 12.2. The number of rotatable bonds is 1. The Bertz CT molecular complexity index is 245. The van der Waals surface area contributed by atoms with Gasteiger partial charge in [-0.3, -0.25) is 4.79 Å². The number of amides is 1. The molecule has 1 aliphatic rings. The number of nitrogens with zero attached hydrogens (tertiary/aromatic N) is 1. The number of carbonyl (C=O) groups is 1. The monoisotopic (exact) mass is 226 g/mol. The summed E-state index contributed by atoms with van der Waals surface area (Å²) in [7, 11) is 0. The molecule has 1 fully saturated rings. The molecule has 0 aromatic carbocycles. The first-order chi connectivity index (χ1) is 7.32. The lowest BCUT2D eigenvalue weighted by Crippen LogP contribution is -2.50. The maximum Gasteiger partial charge on any atom is 0.240 e. The molecule has 0 aromatic heterocycles. The molecular formula is C13H26N2O. The lowest BCUT2D eigenvalue weighted by Gasteiger charge is -2.31. The van der Waals surface area contributed by atoms with Gasteiger partial charge in [0.25, 0.3) is 0 Å². The Balaban J connectivity index is 2.60. The molecule has 3 nitrogen and oxygen atoms in total. The van der Waals surface area contributed by atoms with E-state index in [0.29, 0.717) is 0 Å². The number of likely N-dealkylation sites (tertiary alicyclic amines) is 1. The smallest absolute Gasteiger partial charge is 0.240 e. The van der Waals surface area contributed by atoms with Crippen LogP contribution in [0.1, 0.15) is 47.0 Å². The van der Waals surface area contributed by atoms with Crippen LogP contribution in [0.3, 0.4) is 0 Å². The fourth-order valence-corrected chi connectivity index (χ4v) is 2.05. The molecule has 1 rings (SSSR count). The summed E-state index contributed by atoms with van der Waals surface area (Å²) in [5.41, 5.74) is 5.88. The van der Waals surface area contributed by atoms with Gasteiger partial charge in [-0.05, 0) is 30.6 Å². The van der Waals surface area contributed by atoms with E-state index in [4.69, 9.17) is 5.73 Å². The third-order valence-corrected chi connectivity index (χ3v) is 3.53. The summed E-state index contributed by atoms with van der Waals surface area (Å²) in [5.74, 6) is 0.866. The van der Waals surface area contributed by atoms with Gasteiger partial charge in [0.2, 0.25) is 5.91 Å². The molecule has 94 valence electrons. The molecule has 0 spiro atoms. The van der Waals surface area contributed by atoms with Crippen molar-refractivity contribution in [3.63, 3.8) is 0 Å². The molecule has 1 heterocycles. The predicted octanol–water partition coefficient (Wildman–Crippen LogP) is 2.01. The van der Waals surface area contributed by atoms with Crippen LogP contribution in [0.15, 0.2) is 0 Å². The summed E-state index contributed by atoms with van der Waals surface area (Å²) < 4.78 is 0. The first-order valence-electron chi connectivity index (χ1n) is 6.36. The van der Waals surface area contributed by atoms with Gasteiger partial charge in [0, 0.05) is 13.1 Å². The van der Waals surface area contributed by atoms with Crippen LogP contribution in [-0.2, 0) is 4.79 Å². The largest absolute Gasteiger partial charge is 0.341 e. The Kier molecular flexibility index (Phi) is 4.36. The second-order valence-corrected chi connectivity index (χ2v) is 6.21. The van der Waals surface area contributed by atoms with Gasteiger partial charge in [-0.1, -0.05) is 27.7 Å². The van der Waals surface area contributed by atoms with E-state index in [1.165, 1.54) is 6.42 Å². The van der Waals surface area contributed by atoms with Crippen molar-refractivity contribution in [2.75, 3.05) is 13.1 Å². The molecule has 2 unspecified atom stereocenters.